The highest BCUT2D eigenvalue weighted by atomic mass is 19.1. The Morgan fingerprint density at radius 1 is 1.22 bits per heavy atom. The first kappa shape index (κ1) is 22.2. The number of nitrogens with zero attached hydrogens (tertiary/aromatic N) is 2. The molecule has 0 radical (unpaired) electrons. The number of hydrogen-bond donors (Lipinski definition) is 1. The van der Waals surface area contributed by atoms with E-state index in [-0.39, 0.29) is 30.2 Å². The molecule has 170 valence electrons. The van der Waals surface area contributed by atoms with Gasteiger partial charge in [-0.3, -0.25) is 4.79 Å². The number of hydrogen-bond acceptors (Lipinski definition) is 3. The van der Waals surface area contributed by atoms with Crippen LogP contribution >= 0.6 is 0 Å². The highest BCUT2D eigenvalue weighted by Gasteiger charge is 2.50. The van der Waals surface area contributed by atoms with Crippen molar-refractivity contribution in [1.82, 2.24) is 9.97 Å². The van der Waals surface area contributed by atoms with Crippen LogP contribution in [0.1, 0.15) is 51.1 Å². The van der Waals surface area contributed by atoms with Crippen LogP contribution < -0.4 is 9.64 Å². The Bertz CT molecular complexity index is 1090. The zero-order valence-corrected chi connectivity index (χ0v) is 18.1. The lowest BCUT2D eigenvalue weighted by molar-refractivity contribution is -0.130. The Balaban J connectivity index is 1.67. The van der Waals surface area contributed by atoms with E-state index in [0.717, 1.165) is 36.0 Å². The number of carbonyl (C=O) groups is 1. The molecule has 1 aliphatic heterocycles. The van der Waals surface area contributed by atoms with Crippen molar-refractivity contribution in [1.29, 1.82) is 0 Å². The van der Waals surface area contributed by atoms with E-state index < -0.39 is 29.8 Å². The number of β-lactam (4-membered cyclic amide) rings is 1. The van der Waals surface area contributed by atoms with Gasteiger partial charge in [0.15, 0.2) is 0 Å². The summed E-state index contributed by atoms with van der Waals surface area (Å²) in [5.74, 6) is -2.21. The van der Waals surface area contributed by atoms with Crippen LogP contribution in [0.4, 0.5) is 18.9 Å². The molecule has 0 aliphatic carbocycles. The Labute approximate surface area is 184 Å². The van der Waals surface area contributed by atoms with Crippen molar-refractivity contribution in [3.05, 3.63) is 53.9 Å². The largest absolute Gasteiger partial charge is 0.493 e. The van der Waals surface area contributed by atoms with Crippen molar-refractivity contribution < 1.29 is 22.7 Å². The maximum absolute atomic E-state index is 15.1. The minimum atomic E-state index is -1.06. The van der Waals surface area contributed by atoms with Gasteiger partial charge >= 0.3 is 0 Å². The molecule has 0 saturated carbocycles. The van der Waals surface area contributed by atoms with Gasteiger partial charge in [-0.25, -0.2) is 18.2 Å². The van der Waals surface area contributed by atoms with Crippen molar-refractivity contribution in [2.45, 2.75) is 51.7 Å². The van der Waals surface area contributed by atoms with Crippen LogP contribution in [-0.2, 0) is 4.79 Å². The summed E-state index contributed by atoms with van der Waals surface area (Å²) in [5, 5.41) is 0. The van der Waals surface area contributed by atoms with E-state index in [9.17, 15) is 9.18 Å². The second-order valence-electron chi connectivity index (χ2n) is 8.22. The molecule has 32 heavy (non-hydrogen) atoms. The first-order chi connectivity index (χ1) is 15.4. The molecule has 2 heterocycles. The number of rotatable bonds is 9. The zero-order chi connectivity index (χ0) is 22.8. The predicted octanol–water partition coefficient (Wildman–Crippen LogP) is 5.86. The lowest BCUT2D eigenvalue weighted by atomic mass is 9.78. The molecule has 3 unspecified atom stereocenters. The van der Waals surface area contributed by atoms with Crippen molar-refractivity contribution in [2.75, 3.05) is 11.5 Å². The number of unbranched alkanes of at least 4 members (excludes halogenated alkanes) is 1. The van der Waals surface area contributed by atoms with E-state index in [1.807, 2.05) is 6.92 Å². The van der Waals surface area contributed by atoms with Crippen molar-refractivity contribution in [3.63, 3.8) is 0 Å². The van der Waals surface area contributed by atoms with Crippen LogP contribution in [0.5, 0.6) is 5.75 Å². The summed E-state index contributed by atoms with van der Waals surface area (Å²) in [7, 11) is 0. The molecule has 3 atom stereocenters. The third-order valence-electron chi connectivity index (χ3n) is 5.90. The summed E-state index contributed by atoms with van der Waals surface area (Å²) in [6.45, 7) is 3.42. The van der Waals surface area contributed by atoms with Gasteiger partial charge in [-0.2, -0.15) is 0 Å². The normalized spacial score (nSPS) is 19.3. The molecule has 5 nitrogen and oxygen atoms in total. The van der Waals surface area contributed by atoms with Crippen LogP contribution in [0, 0.1) is 17.6 Å². The number of H-pyrrole nitrogens is 1. The number of fused-ring (bicyclic) bond motifs is 1. The fraction of sp³-hybridized carbons (Fsp3) is 0.417. The Hall–Kier alpha value is -3.03. The summed E-state index contributed by atoms with van der Waals surface area (Å²) in [4.78, 5) is 21.6. The first-order valence-corrected chi connectivity index (χ1v) is 10.9. The summed E-state index contributed by atoms with van der Waals surface area (Å²) in [5.41, 5.74) is 1.88. The Kier molecular flexibility index (Phi) is 6.39. The van der Waals surface area contributed by atoms with Crippen LogP contribution in [0.25, 0.3) is 11.0 Å². The number of amides is 1. The van der Waals surface area contributed by atoms with Crippen molar-refractivity contribution in [2.24, 2.45) is 5.92 Å². The number of benzene rings is 2. The van der Waals surface area contributed by atoms with E-state index in [0.29, 0.717) is 12.1 Å². The van der Waals surface area contributed by atoms with Crippen molar-refractivity contribution in [3.8, 4) is 5.75 Å². The highest BCUT2D eigenvalue weighted by molar-refractivity contribution is 6.04. The molecular formula is C24H26F3N3O2. The molecule has 3 aromatic rings. The number of nitrogens with one attached hydrogen (secondary N) is 1. The van der Waals surface area contributed by atoms with Gasteiger partial charge in [-0.05, 0) is 31.5 Å². The molecule has 0 spiro atoms. The third kappa shape index (κ3) is 4.18. The van der Waals surface area contributed by atoms with Gasteiger partial charge in [-0.15, -0.1) is 0 Å². The van der Waals surface area contributed by atoms with Gasteiger partial charge in [0, 0.05) is 29.8 Å². The van der Waals surface area contributed by atoms with E-state index in [1.165, 1.54) is 11.8 Å². The summed E-state index contributed by atoms with van der Waals surface area (Å²) in [6.07, 6.45) is 2.83. The van der Waals surface area contributed by atoms with Crippen LogP contribution in [-0.4, -0.2) is 28.7 Å². The van der Waals surface area contributed by atoms with E-state index in [2.05, 4.69) is 9.97 Å². The number of aromatic nitrogens is 2. The third-order valence-corrected chi connectivity index (χ3v) is 5.90. The summed E-state index contributed by atoms with van der Waals surface area (Å²) < 4.78 is 48.6. The lowest BCUT2D eigenvalue weighted by Crippen LogP contribution is -2.55. The predicted molar refractivity (Wildman–Crippen MR) is 116 cm³/mol. The number of imidazole rings is 1. The molecular weight excluding hydrogens is 419 g/mol. The smallest absolute Gasteiger partial charge is 0.233 e. The number of alkyl halides is 1. The molecule has 1 aromatic heterocycles. The number of anilines is 1. The van der Waals surface area contributed by atoms with Crippen molar-refractivity contribution >= 4 is 22.6 Å². The number of aromatic amines is 1. The topological polar surface area (TPSA) is 58.2 Å². The fourth-order valence-electron chi connectivity index (χ4n) is 4.21. The summed E-state index contributed by atoms with van der Waals surface area (Å²) in [6, 6.07) is 6.72. The van der Waals surface area contributed by atoms with Gasteiger partial charge in [0.25, 0.3) is 0 Å². The monoisotopic (exact) mass is 445 g/mol. The average molecular weight is 445 g/mol. The minimum absolute atomic E-state index is 0.00517. The van der Waals surface area contributed by atoms with Gasteiger partial charge in [0.2, 0.25) is 5.91 Å². The standard InChI is InChI=1S/C24H26F3N3O2/c1-3-4-5-17-23(22-18(26)11-16(12-19(22)27)32-9-8-14(2)25)30(24(17)31)15-6-7-20-21(10-15)29-13-28-20/h6-7,10-14,17,23H,3-5,8-9H2,1-2H3,(H,28,29). The number of halogens is 3. The van der Waals surface area contributed by atoms with Gasteiger partial charge < -0.3 is 14.6 Å². The van der Waals surface area contributed by atoms with Crippen LogP contribution in [0.2, 0.25) is 0 Å². The highest BCUT2D eigenvalue weighted by Crippen LogP contribution is 2.48. The molecule has 4 rings (SSSR count). The SMILES string of the molecule is CCCCC1C(=O)N(c2ccc3nc[nH]c3c2)C1c1c(F)cc(OCCC(C)F)cc1F. The fourth-order valence-corrected chi connectivity index (χ4v) is 4.21. The van der Waals surface area contributed by atoms with Crippen LogP contribution in [0.15, 0.2) is 36.7 Å². The first-order valence-electron chi connectivity index (χ1n) is 10.9. The molecule has 1 fully saturated rings. The van der Waals surface area contributed by atoms with E-state index in [4.69, 9.17) is 4.74 Å². The summed E-state index contributed by atoms with van der Waals surface area (Å²) >= 11 is 0. The van der Waals surface area contributed by atoms with E-state index in [1.54, 1.807) is 24.5 Å². The quantitative estimate of drug-likeness (QED) is 0.420. The molecule has 1 saturated heterocycles. The number of carbonyl (C=O) groups excluding carboxylic acids is 1. The maximum Gasteiger partial charge on any atom is 0.233 e. The Morgan fingerprint density at radius 2 is 1.97 bits per heavy atom. The van der Waals surface area contributed by atoms with E-state index >= 15 is 8.78 Å². The van der Waals surface area contributed by atoms with Gasteiger partial charge in [0.05, 0.1) is 35.9 Å². The van der Waals surface area contributed by atoms with Gasteiger partial charge in [-0.1, -0.05) is 19.8 Å². The molecule has 2 aromatic carbocycles. The lowest BCUT2D eigenvalue weighted by Gasteiger charge is -2.47. The Morgan fingerprint density at radius 3 is 2.66 bits per heavy atom. The second kappa shape index (κ2) is 9.22. The molecule has 1 aliphatic rings. The maximum atomic E-state index is 15.1. The molecule has 8 heteroatoms. The minimum Gasteiger partial charge on any atom is -0.493 e. The zero-order valence-electron chi connectivity index (χ0n) is 18.1. The average Bonchev–Trinajstić information content (AvgIpc) is 3.20. The van der Waals surface area contributed by atoms with Gasteiger partial charge in [0.1, 0.15) is 23.6 Å². The number of ether oxygens (including phenoxy) is 1. The van der Waals surface area contributed by atoms with Crippen LogP contribution in [0.3, 0.4) is 0 Å². The molecule has 0 bridgehead atoms. The second-order valence-corrected chi connectivity index (χ2v) is 8.22. The molecule has 1 N–H and O–H groups in total. The molecule has 1 amide bonds.